The molecule has 0 heterocycles. The van der Waals surface area contributed by atoms with E-state index in [1.165, 1.54) is 11.8 Å². The van der Waals surface area contributed by atoms with E-state index in [1.807, 2.05) is 43.3 Å². The second-order valence-corrected chi connectivity index (χ2v) is 9.57. The third kappa shape index (κ3) is 10.1. The average Bonchev–Trinajstić information content (AvgIpc) is 2.86. The molecule has 0 bridgehead atoms. The van der Waals surface area contributed by atoms with Crippen LogP contribution < -0.4 is 32.5 Å². The van der Waals surface area contributed by atoms with Crippen LogP contribution in [0, 0.1) is 6.92 Å². The van der Waals surface area contributed by atoms with Gasteiger partial charge in [-0.3, -0.25) is 9.79 Å². The van der Waals surface area contributed by atoms with Gasteiger partial charge < -0.3 is 32.5 Å². The molecule has 37 heavy (non-hydrogen) atoms. The number of amidine groups is 1. The summed E-state index contributed by atoms with van der Waals surface area (Å²) < 4.78 is 35.9. The number of anilines is 2. The predicted molar refractivity (Wildman–Crippen MR) is 145 cm³/mol. The first-order chi connectivity index (χ1) is 17.4. The van der Waals surface area contributed by atoms with Crippen LogP contribution in [0.25, 0.3) is 0 Å². The minimum Gasteiger partial charge on any atom is -1.00 e. The molecular formula is C26H27ClF2N3O3S2-. The van der Waals surface area contributed by atoms with Gasteiger partial charge in [0.1, 0.15) is 0 Å². The van der Waals surface area contributed by atoms with Crippen LogP contribution in [0.15, 0.2) is 76.6 Å². The lowest BCUT2D eigenvalue weighted by atomic mass is 10.2. The molecule has 3 aromatic rings. The average molecular weight is 567 g/mol. The van der Waals surface area contributed by atoms with Crippen LogP contribution in [0.3, 0.4) is 0 Å². The smallest absolute Gasteiger partial charge is 0.288 e. The van der Waals surface area contributed by atoms with Crippen LogP contribution in [0.4, 0.5) is 20.2 Å². The summed E-state index contributed by atoms with van der Waals surface area (Å²) in [4.78, 5) is 17.7. The Kier molecular flexibility index (Phi) is 12.5. The van der Waals surface area contributed by atoms with E-state index >= 15 is 0 Å². The van der Waals surface area contributed by atoms with Crippen LogP contribution in [0.2, 0.25) is 0 Å². The van der Waals surface area contributed by atoms with Crippen molar-refractivity contribution in [3.05, 3.63) is 77.9 Å². The molecule has 0 aliphatic carbocycles. The summed E-state index contributed by atoms with van der Waals surface area (Å²) in [6, 6.07) is 19.7. The first kappa shape index (κ1) is 30.3. The van der Waals surface area contributed by atoms with Gasteiger partial charge in [-0.2, -0.15) is 8.78 Å². The Balaban J connectivity index is 0.00000481. The number of alkyl halides is 2. The highest BCUT2D eigenvalue weighted by molar-refractivity contribution is 8.14. The standard InChI is InChI=1S/C26H27F2N3O3S2.ClH/c1-17-5-4-6-20(13-17)30-24(32)16-35-26(31-19-8-10-21(11-9-19)36-25(27)28)29-15-18-7-12-22(33-2)23(14-18)34-3;/h4-14,25H,15-16H2,1-3H3,(H,29,31)(H,30,32);1H/p-1. The van der Waals surface area contributed by atoms with Crippen LogP contribution >= 0.6 is 23.5 Å². The number of amides is 1. The SMILES string of the molecule is COc1ccc(CN=C(Nc2ccc(SC(F)F)cc2)SCC(=O)Nc2cccc(C)c2)cc1OC.[Cl-]. The van der Waals surface area contributed by atoms with Crippen molar-refractivity contribution in [3.8, 4) is 11.5 Å². The van der Waals surface area contributed by atoms with Gasteiger partial charge in [0.15, 0.2) is 16.7 Å². The third-order valence-electron chi connectivity index (χ3n) is 4.83. The maximum atomic E-state index is 12.6. The fraction of sp³-hybridized carbons (Fsp3) is 0.231. The molecule has 1 amide bonds. The number of hydrogen-bond donors (Lipinski definition) is 2. The predicted octanol–water partition coefficient (Wildman–Crippen LogP) is 3.67. The molecular weight excluding hydrogens is 540 g/mol. The van der Waals surface area contributed by atoms with Gasteiger partial charge in [-0.1, -0.05) is 41.7 Å². The van der Waals surface area contributed by atoms with Gasteiger partial charge in [0.05, 0.1) is 26.5 Å². The van der Waals surface area contributed by atoms with Gasteiger partial charge >= 0.3 is 0 Å². The molecule has 0 saturated heterocycles. The molecule has 11 heteroatoms. The van der Waals surface area contributed by atoms with Gasteiger partial charge in [-0.25, -0.2) is 0 Å². The number of carbonyl (C=O) groups is 1. The van der Waals surface area contributed by atoms with Crippen LogP contribution in [-0.2, 0) is 11.3 Å². The zero-order valence-electron chi connectivity index (χ0n) is 20.5. The normalized spacial score (nSPS) is 11.0. The Morgan fingerprint density at radius 2 is 1.68 bits per heavy atom. The van der Waals surface area contributed by atoms with Crippen molar-refractivity contribution in [1.29, 1.82) is 0 Å². The number of nitrogens with one attached hydrogen (secondary N) is 2. The number of benzene rings is 3. The summed E-state index contributed by atoms with van der Waals surface area (Å²) in [5, 5.41) is 6.58. The van der Waals surface area contributed by atoms with E-state index in [0.29, 0.717) is 45.6 Å². The third-order valence-corrected chi connectivity index (χ3v) is 6.46. The van der Waals surface area contributed by atoms with Gasteiger partial charge in [0.2, 0.25) is 5.91 Å². The number of methoxy groups -OCH3 is 2. The van der Waals surface area contributed by atoms with Gasteiger partial charge in [-0.05, 0) is 66.6 Å². The first-order valence-electron chi connectivity index (χ1n) is 10.9. The van der Waals surface area contributed by atoms with Crippen molar-refractivity contribution in [2.75, 3.05) is 30.6 Å². The summed E-state index contributed by atoms with van der Waals surface area (Å²) in [5.74, 6) is -1.31. The van der Waals surface area contributed by atoms with E-state index in [2.05, 4.69) is 15.6 Å². The summed E-state index contributed by atoms with van der Waals surface area (Å²) in [5.41, 5.74) is 3.34. The van der Waals surface area contributed by atoms with E-state index in [-0.39, 0.29) is 24.1 Å². The molecule has 198 valence electrons. The minimum absolute atomic E-state index is 0. The molecule has 0 atom stereocenters. The number of carbonyl (C=O) groups excluding carboxylic acids is 1. The lowest BCUT2D eigenvalue weighted by Crippen LogP contribution is -3.00. The quantitative estimate of drug-likeness (QED) is 0.222. The maximum Gasteiger partial charge on any atom is 0.288 e. The minimum atomic E-state index is -2.48. The zero-order chi connectivity index (χ0) is 25.9. The zero-order valence-corrected chi connectivity index (χ0v) is 22.9. The molecule has 0 unspecified atom stereocenters. The Labute approximate surface area is 230 Å². The van der Waals surface area contributed by atoms with Crippen LogP contribution in [0.5, 0.6) is 11.5 Å². The Morgan fingerprint density at radius 3 is 2.32 bits per heavy atom. The molecule has 0 saturated carbocycles. The topological polar surface area (TPSA) is 72.0 Å². The highest BCUT2D eigenvalue weighted by Gasteiger charge is 2.10. The highest BCUT2D eigenvalue weighted by Crippen LogP contribution is 2.29. The number of rotatable bonds is 10. The van der Waals surface area contributed by atoms with Crippen molar-refractivity contribution in [2.45, 2.75) is 24.1 Å². The fourth-order valence-corrected chi connectivity index (χ4v) is 4.35. The van der Waals surface area contributed by atoms with Crippen LogP contribution in [-0.4, -0.2) is 36.8 Å². The summed E-state index contributed by atoms with van der Waals surface area (Å²) in [6.45, 7) is 2.28. The number of ether oxygens (including phenoxy) is 2. The number of halogens is 3. The Hall–Kier alpha value is -2.95. The number of aryl methyl sites for hydroxylation is 1. The van der Waals surface area contributed by atoms with E-state index in [0.717, 1.165) is 16.8 Å². The maximum absolute atomic E-state index is 12.6. The van der Waals surface area contributed by atoms with Crippen LogP contribution in [0.1, 0.15) is 11.1 Å². The van der Waals surface area contributed by atoms with E-state index in [1.54, 1.807) is 44.6 Å². The monoisotopic (exact) mass is 566 g/mol. The second kappa shape index (κ2) is 15.3. The van der Waals surface area contributed by atoms with Gasteiger partial charge in [0, 0.05) is 16.3 Å². The summed E-state index contributed by atoms with van der Waals surface area (Å²) in [6.07, 6.45) is 0. The van der Waals surface area contributed by atoms with Crippen molar-refractivity contribution in [3.63, 3.8) is 0 Å². The van der Waals surface area contributed by atoms with E-state index < -0.39 is 5.76 Å². The molecule has 0 spiro atoms. The van der Waals surface area contributed by atoms with Crippen molar-refractivity contribution >= 4 is 46.0 Å². The summed E-state index contributed by atoms with van der Waals surface area (Å²) >= 11 is 1.73. The lowest BCUT2D eigenvalue weighted by Gasteiger charge is -2.12. The molecule has 0 aromatic heterocycles. The van der Waals surface area contributed by atoms with Crippen molar-refractivity contribution in [1.82, 2.24) is 0 Å². The Bertz CT molecular complexity index is 1200. The molecule has 3 aromatic carbocycles. The van der Waals surface area contributed by atoms with Gasteiger partial charge in [-0.15, -0.1) is 0 Å². The van der Waals surface area contributed by atoms with E-state index in [9.17, 15) is 13.6 Å². The Morgan fingerprint density at radius 1 is 0.946 bits per heavy atom. The summed E-state index contributed by atoms with van der Waals surface area (Å²) in [7, 11) is 3.14. The molecule has 3 rings (SSSR count). The fourth-order valence-electron chi connectivity index (χ4n) is 3.16. The molecule has 2 N–H and O–H groups in total. The lowest BCUT2D eigenvalue weighted by molar-refractivity contribution is -0.113. The molecule has 0 fully saturated rings. The molecule has 0 radical (unpaired) electrons. The number of nitrogens with zero attached hydrogens (tertiary/aromatic N) is 1. The molecule has 0 aliphatic heterocycles. The van der Waals surface area contributed by atoms with Crippen molar-refractivity contribution < 1.29 is 35.5 Å². The second-order valence-electron chi connectivity index (χ2n) is 7.54. The first-order valence-corrected chi connectivity index (χ1v) is 12.8. The number of hydrogen-bond acceptors (Lipinski definition) is 6. The van der Waals surface area contributed by atoms with Crippen molar-refractivity contribution in [2.24, 2.45) is 4.99 Å². The van der Waals surface area contributed by atoms with Gasteiger partial charge in [0.25, 0.3) is 5.76 Å². The molecule has 0 aliphatic rings. The highest BCUT2D eigenvalue weighted by atomic mass is 35.5. The largest absolute Gasteiger partial charge is 1.00 e. The molecule has 6 nitrogen and oxygen atoms in total. The van der Waals surface area contributed by atoms with E-state index in [4.69, 9.17) is 9.47 Å². The number of aliphatic imine (C=N–C) groups is 1. The number of thioether (sulfide) groups is 2.